The van der Waals surface area contributed by atoms with Crippen LogP contribution >= 0.6 is 11.3 Å². The molecule has 0 radical (unpaired) electrons. The summed E-state index contributed by atoms with van der Waals surface area (Å²) in [5.41, 5.74) is 1.74. The van der Waals surface area contributed by atoms with Crippen molar-refractivity contribution in [2.24, 2.45) is 0 Å². The van der Waals surface area contributed by atoms with Gasteiger partial charge in [0.1, 0.15) is 10.8 Å². The van der Waals surface area contributed by atoms with Crippen LogP contribution in [0.15, 0.2) is 24.3 Å². The molecular formula is C17H19NO4S. The molecule has 1 amide bonds. The lowest BCUT2D eigenvalue weighted by Gasteiger charge is -2.09. The van der Waals surface area contributed by atoms with Crippen LogP contribution in [0.4, 0.5) is 5.00 Å². The van der Waals surface area contributed by atoms with Gasteiger partial charge in [-0.1, -0.05) is 19.1 Å². The monoisotopic (exact) mass is 333 g/mol. The highest BCUT2D eigenvalue weighted by Gasteiger charge is 2.24. The molecule has 0 saturated carbocycles. The summed E-state index contributed by atoms with van der Waals surface area (Å²) in [7, 11) is 2.84. The van der Waals surface area contributed by atoms with Crippen molar-refractivity contribution in [1.29, 1.82) is 0 Å². The molecule has 2 aromatic rings. The molecule has 0 saturated heterocycles. The highest BCUT2D eigenvalue weighted by atomic mass is 32.1. The van der Waals surface area contributed by atoms with Gasteiger partial charge in [-0.25, -0.2) is 4.79 Å². The Balaban J connectivity index is 2.40. The molecule has 5 nitrogen and oxygen atoms in total. The number of hydrogen-bond donors (Lipinski definition) is 1. The molecule has 0 fully saturated rings. The molecule has 0 aliphatic heterocycles. The molecule has 0 spiro atoms. The minimum atomic E-state index is -0.443. The first-order valence-electron chi connectivity index (χ1n) is 7.18. The van der Waals surface area contributed by atoms with Crippen LogP contribution in [0.5, 0.6) is 5.75 Å². The number of hydrogen-bond acceptors (Lipinski definition) is 5. The number of thiophene rings is 1. The van der Waals surface area contributed by atoms with Gasteiger partial charge in [0.2, 0.25) is 0 Å². The van der Waals surface area contributed by atoms with Gasteiger partial charge in [0, 0.05) is 4.88 Å². The molecule has 1 aromatic carbocycles. The number of carbonyl (C=O) groups excluding carboxylic acids is 2. The molecule has 2 rings (SSSR count). The predicted molar refractivity (Wildman–Crippen MR) is 90.7 cm³/mol. The highest BCUT2D eigenvalue weighted by molar-refractivity contribution is 7.16. The first kappa shape index (κ1) is 17.0. The van der Waals surface area contributed by atoms with Crippen LogP contribution in [-0.4, -0.2) is 26.1 Å². The second-order valence-electron chi connectivity index (χ2n) is 4.84. The standard InChI is InChI=1S/C17H19NO4S/c1-5-11-10(2)23-16(14(11)17(20)22-4)18-15(19)12-8-6-7-9-13(12)21-3/h6-9H,5H2,1-4H3,(H,18,19). The lowest BCUT2D eigenvalue weighted by atomic mass is 10.1. The van der Waals surface area contributed by atoms with E-state index >= 15 is 0 Å². The molecule has 1 aromatic heterocycles. The Hall–Kier alpha value is -2.34. The van der Waals surface area contributed by atoms with Crippen LogP contribution in [0.2, 0.25) is 0 Å². The fourth-order valence-corrected chi connectivity index (χ4v) is 3.54. The number of methoxy groups -OCH3 is 2. The number of nitrogens with one attached hydrogen (secondary N) is 1. The number of ether oxygens (including phenoxy) is 2. The van der Waals surface area contributed by atoms with Crippen LogP contribution in [0, 0.1) is 6.92 Å². The largest absolute Gasteiger partial charge is 0.496 e. The van der Waals surface area contributed by atoms with Gasteiger partial charge in [-0.2, -0.15) is 0 Å². The maximum Gasteiger partial charge on any atom is 0.341 e. The van der Waals surface area contributed by atoms with Crippen molar-refractivity contribution in [3.63, 3.8) is 0 Å². The molecule has 23 heavy (non-hydrogen) atoms. The molecule has 1 N–H and O–H groups in total. The van der Waals surface area contributed by atoms with Crippen LogP contribution in [-0.2, 0) is 11.2 Å². The van der Waals surface area contributed by atoms with E-state index in [1.165, 1.54) is 25.6 Å². The van der Waals surface area contributed by atoms with E-state index in [1.807, 2.05) is 13.8 Å². The van der Waals surface area contributed by atoms with Crippen LogP contribution in [0.1, 0.15) is 38.1 Å². The number of esters is 1. The van der Waals surface area contributed by atoms with E-state index in [0.717, 1.165) is 10.4 Å². The zero-order valence-corrected chi connectivity index (χ0v) is 14.4. The quantitative estimate of drug-likeness (QED) is 0.848. The zero-order valence-electron chi connectivity index (χ0n) is 13.6. The Kier molecular flexibility index (Phi) is 5.39. The third-order valence-corrected chi connectivity index (χ3v) is 4.59. The lowest BCUT2D eigenvalue weighted by Crippen LogP contribution is -2.15. The summed E-state index contributed by atoms with van der Waals surface area (Å²) in [4.78, 5) is 25.6. The van der Waals surface area contributed by atoms with Gasteiger partial charge in [-0.15, -0.1) is 11.3 Å². The molecule has 122 valence electrons. The van der Waals surface area contributed by atoms with Crippen LogP contribution in [0.3, 0.4) is 0 Å². The first-order valence-corrected chi connectivity index (χ1v) is 8.00. The summed E-state index contributed by atoms with van der Waals surface area (Å²) in [5.74, 6) is -0.286. The van der Waals surface area contributed by atoms with E-state index in [2.05, 4.69) is 5.32 Å². The van der Waals surface area contributed by atoms with Gasteiger partial charge in [-0.3, -0.25) is 4.79 Å². The molecule has 0 aliphatic carbocycles. The number of benzene rings is 1. The summed E-state index contributed by atoms with van der Waals surface area (Å²) >= 11 is 1.37. The summed E-state index contributed by atoms with van der Waals surface area (Å²) in [6.45, 7) is 3.89. The average Bonchev–Trinajstić information content (AvgIpc) is 2.88. The highest BCUT2D eigenvalue weighted by Crippen LogP contribution is 2.34. The van der Waals surface area contributed by atoms with Crippen LogP contribution < -0.4 is 10.1 Å². The van der Waals surface area contributed by atoms with E-state index in [-0.39, 0.29) is 5.91 Å². The molecule has 0 bridgehead atoms. The Morgan fingerprint density at radius 2 is 1.91 bits per heavy atom. The van der Waals surface area contributed by atoms with Crippen molar-refractivity contribution < 1.29 is 19.1 Å². The van der Waals surface area contributed by atoms with Gasteiger partial charge in [-0.05, 0) is 31.0 Å². The third-order valence-electron chi connectivity index (χ3n) is 3.53. The summed E-state index contributed by atoms with van der Waals surface area (Å²) < 4.78 is 10.1. The van der Waals surface area contributed by atoms with E-state index in [9.17, 15) is 9.59 Å². The fraction of sp³-hybridized carbons (Fsp3) is 0.294. The second kappa shape index (κ2) is 7.28. The Bertz CT molecular complexity index is 736. The summed E-state index contributed by atoms with van der Waals surface area (Å²) in [6.07, 6.45) is 0.692. The molecule has 0 atom stereocenters. The van der Waals surface area contributed by atoms with Crippen molar-refractivity contribution in [2.45, 2.75) is 20.3 Å². The number of amides is 1. The van der Waals surface area contributed by atoms with Crippen molar-refractivity contribution >= 4 is 28.2 Å². The van der Waals surface area contributed by atoms with Crippen molar-refractivity contribution in [3.05, 3.63) is 45.8 Å². The Morgan fingerprint density at radius 3 is 2.52 bits per heavy atom. The maximum atomic E-state index is 12.5. The summed E-state index contributed by atoms with van der Waals surface area (Å²) in [6, 6.07) is 6.94. The normalized spacial score (nSPS) is 10.3. The van der Waals surface area contributed by atoms with Crippen molar-refractivity contribution in [1.82, 2.24) is 0 Å². The number of rotatable bonds is 5. The average molecular weight is 333 g/mol. The minimum Gasteiger partial charge on any atom is -0.496 e. The first-order chi connectivity index (χ1) is 11.0. The Morgan fingerprint density at radius 1 is 1.22 bits per heavy atom. The van der Waals surface area contributed by atoms with Gasteiger partial charge in [0.15, 0.2) is 0 Å². The molecule has 6 heteroatoms. The molecule has 0 unspecified atom stereocenters. The van der Waals surface area contributed by atoms with E-state index in [0.29, 0.717) is 28.3 Å². The third kappa shape index (κ3) is 3.37. The number of anilines is 1. The van der Waals surface area contributed by atoms with Crippen molar-refractivity contribution in [3.8, 4) is 5.75 Å². The number of aryl methyl sites for hydroxylation is 1. The van der Waals surface area contributed by atoms with Gasteiger partial charge < -0.3 is 14.8 Å². The lowest BCUT2D eigenvalue weighted by molar-refractivity contribution is 0.0601. The second-order valence-corrected chi connectivity index (χ2v) is 6.07. The zero-order chi connectivity index (χ0) is 17.0. The maximum absolute atomic E-state index is 12.5. The predicted octanol–water partition coefficient (Wildman–Crippen LogP) is 3.67. The fourth-order valence-electron chi connectivity index (χ4n) is 2.41. The van der Waals surface area contributed by atoms with E-state index in [1.54, 1.807) is 24.3 Å². The van der Waals surface area contributed by atoms with Gasteiger partial charge in [0.25, 0.3) is 5.91 Å². The molecular weight excluding hydrogens is 314 g/mol. The van der Waals surface area contributed by atoms with Crippen molar-refractivity contribution in [2.75, 3.05) is 19.5 Å². The van der Waals surface area contributed by atoms with Gasteiger partial charge in [0.05, 0.1) is 25.3 Å². The number of carbonyl (C=O) groups is 2. The Labute approximate surface area is 139 Å². The topological polar surface area (TPSA) is 64.6 Å². The van der Waals surface area contributed by atoms with Crippen LogP contribution in [0.25, 0.3) is 0 Å². The van der Waals surface area contributed by atoms with Gasteiger partial charge >= 0.3 is 5.97 Å². The van der Waals surface area contributed by atoms with E-state index in [4.69, 9.17) is 9.47 Å². The number of para-hydroxylation sites is 1. The summed E-state index contributed by atoms with van der Waals surface area (Å²) in [5, 5.41) is 3.31. The molecule has 0 aliphatic rings. The SMILES string of the molecule is CCc1c(C)sc(NC(=O)c2ccccc2OC)c1C(=O)OC. The minimum absolute atomic E-state index is 0.323. The van der Waals surface area contributed by atoms with E-state index < -0.39 is 5.97 Å². The smallest absolute Gasteiger partial charge is 0.341 e. The molecule has 1 heterocycles.